The smallest absolute Gasteiger partial charge is 0.253 e. The molecule has 25 heavy (non-hydrogen) atoms. The molecule has 0 spiro atoms. The van der Waals surface area contributed by atoms with E-state index < -0.39 is 5.60 Å². The lowest BCUT2D eigenvalue weighted by atomic mass is 9.77. The molecule has 3 heterocycles. The number of halogens is 1. The minimum Gasteiger partial charge on any atom is -0.390 e. The van der Waals surface area contributed by atoms with Crippen molar-refractivity contribution < 1.29 is 9.90 Å². The van der Waals surface area contributed by atoms with Crippen molar-refractivity contribution >= 4 is 34.4 Å². The molecular formula is C18H21ClN4O2. The molecule has 1 atom stereocenters. The third-order valence-corrected chi connectivity index (χ3v) is 5.44. The number of carbonyl (C=O) groups excluding carboxylic acids is 1. The zero-order valence-electron chi connectivity index (χ0n) is 14.3. The Labute approximate surface area is 151 Å². The van der Waals surface area contributed by atoms with Gasteiger partial charge in [-0.3, -0.25) is 4.79 Å². The highest BCUT2D eigenvalue weighted by Gasteiger charge is 2.39. The summed E-state index contributed by atoms with van der Waals surface area (Å²) in [5.41, 5.74) is 0.394. The average molecular weight is 361 g/mol. The van der Waals surface area contributed by atoms with Crippen molar-refractivity contribution in [3.05, 3.63) is 28.9 Å². The summed E-state index contributed by atoms with van der Waals surface area (Å²) in [5.74, 6) is 0.570. The van der Waals surface area contributed by atoms with Gasteiger partial charge >= 0.3 is 0 Å². The molecule has 2 fully saturated rings. The molecule has 132 valence electrons. The minimum absolute atomic E-state index is 0.00944. The average Bonchev–Trinajstić information content (AvgIpc) is 2.51. The molecule has 1 amide bonds. The number of aliphatic hydroxyl groups is 1. The van der Waals surface area contributed by atoms with Crippen LogP contribution in [0.3, 0.4) is 0 Å². The number of anilines is 1. The van der Waals surface area contributed by atoms with Crippen LogP contribution < -0.4 is 10.2 Å². The van der Waals surface area contributed by atoms with Crippen LogP contribution in [0.2, 0.25) is 5.02 Å². The van der Waals surface area contributed by atoms with Gasteiger partial charge in [-0.1, -0.05) is 11.6 Å². The van der Waals surface area contributed by atoms with Crippen molar-refractivity contribution in [1.29, 1.82) is 0 Å². The van der Waals surface area contributed by atoms with E-state index >= 15 is 0 Å². The van der Waals surface area contributed by atoms with Crippen LogP contribution in [0.25, 0.3) is 11.0 Å². The maximum absolute atomic E-state index is 12.4. The highest BCUT2D eigenvalue weighted by atomic mass is 35.5. The predicted octanol–water partition coefficient (Wildman–Crippen LogP) is 2.53. The van der Waals surface area contributed by atoms with Gasteiger partial charge in [-0.25, -0.2) is 9.97 Å². The van der Waals surface area contributed by atoms with Gasteiger partial charge in [-0.15, -0.1) is 0 Å². The van der Waals surface area contributed by atoms with Crippen molar-refractivity contribution in [2.24, 2.45) is 0 Å². The molecule has 7 heteroatoms. The molecule has 0 aromatic carbocycles. The summed E-state index contributed by atoms with van der Waals surface area (Å²) in [6.45, 7) is 4.87. The quantitative estimate of drug-likeness (QED) is 0.879. The lowest BCUT2D eigenvalue weighted by Crippen LogP contribution is -2.53. The third kappa shape index (κ3) is 3.04. The highest BCUT2D eigenvalue weighted by molar-refractivity contribution is 6.33. The first-order chi connectivity index (χ1) is 11.8. The van der Waals surface area contributed by atoms with E-state index in [1.807, 2.05) is 6.07 Å². The van der Waals surface area contributed by atoms with Crippen molar-refractivity contribution in [3.8, 4) is 0 Å². The van der Waals surface area contributed by atoms with Crippen LogP contribution >= 0.6 is 11.6 Å². The molecule has 2 aromatic heterocycles. The Bertz CT molecular complexity index is 846. The molecule has 2 aromatic rings. The molecule has 4 rings (SSSR count). The van der Waals surface area contributed by atoms with Crippen LogP contribution in [0.15, 0.2) is 18.3 Å². The number of rotatable bonds is 3. The number of amides is 1. The monoisotopic (exact) mass is 360 g/mol. The first kappa shape index (κ1) is 16.5. The number of hydrogen-bond donors (Lipinski definition) is 2. The van der Waals surface area contributed by atoms with Gasteiger partial charge in [0.1, 0.15) is 5.82 Å². The van der Waals surface area contributed by atoms with Gasteiger partial charge in [0.05, 0.1) is 16.2 Å². The van der Waals surface area contributed by atoms with Gasteiger partial charge in [0, 0.05) is 30.2 Å². The molecule has 1 saturated carbocycles. The predicted molar refractivity (Wildman–Crippen MR) is 97.1 cm³/mol. The van der Waals surface area contributed by atoms with Crippen LogP contribution in [0.1, 0.15) is 43.5 Å². The van der Waals surface area contributed by atoms with Gasteiger partial charge in [0.2, 0.25) is 0 Å². The Morgan fingerprint density at radius 1 is 1.44 bits per heavy atom. The summed E-state index contributed by atoms with van der Waals surface area (Å²) in [5, 5.41) is 14.0. The molecule has 1 aliphatic carbocycles. The second-order valence-corrected chi connectivity index (χ2v) is 7.88. The lowest BCUT2D eigenvalue weighted by molar-refractivity contribution is -0.0366. The second kappa shape index (κ2) is 5.81. The minimum atomic E-state index is -0.665. The van der Waals surface area contributed by atoms with E-state index in [1.165, 1.54) is 0 Å². The van der Waals surface area contributed by atoms with E-state index in [4.69, 9.17) is 11.6 Å². The lowest BCUT2D eigenvalue weighted by Gasteiger charge is -2.41. The molecule has 0 radical (unpaired) electrons. The van der Waals surface area contributed by atoms with Crippen molar-refractivity contribution in [2.75, 3.05) is 11.4 Å². The summed E-state index contributed by atoms with van der Waals surface area (Å²) >= 11 is 6.39. The van der Waals surface area contributed by atoms with Gasteiger partial charge < -0.3 is 15.3 Å². The molecule has 1 aliphatic heterocycles. The molecule has 2 aliphatic rings. The van der Waals surface area contributed by atoms with Crippen LogP contribution in [-0.2, 0) is 0 Å². The van der Waals surface area contributed by atoms with Crippen LogP contribution in [-0.4, -0.2) is 45.2 Å². The van der Waals surface area contributed by atoms with Gasteiger partial charge in [-0.05, 0) is 45.2 Å². The summed E-state index contributed by atoms with van der Waals surface area (Å²) in [6, 6.07) is 4.03. The Kier molecular flexibility index (Phi) is 3.85. The molecule has 0 bridgehead atoms. The van der Waals surface area contributed by atoms with Crippen LogP contribution in [0, 0.1) is 0 Å². The number of fused-ring (bicyclic) bond motifs is 1. The summed E-state index contributed by atoms with van der Waals surface area (Å²) in [7, 11) is 0. The summed E-state index contributed by atoms with van der Waals surface area (Å²) in [6.07, 6.45) is 3.82. The Balaban J connectivity index is 1.56. The molecule has 2 N–H and O–H groups in total. The second-order valence-electron chi connectivity index (χ2n) is 7.47. The van der Waals surface area contributed by atoms with E-state index in [1.54, 1.807) is 19.2 Å². The van der Waals surface area contributed by atoms with Gasteiger partial charge in [0.15, 0.2) is 5.65 Å². The van der Waals surface area contributed by atoms with Gasteiger partial charge in [-0.2, -0.15) is 0 Å². The SMILES string of the molecule is C[C@H]1CCN1c1nc2ncc(C(=O)N[C@H]3C[C@](C)(O)C3)cc2cc1Cl. The third-order valence-electron chi connectivity index (χ3n) is 5.16. The summed E-state index contributed by atoms with van der Waals surface area (Å²) < 4.78 is 0. The van der Waals surface area contributed by atoms with E-state index in [9.17, 15) is 9.90 Å². The zero-order chi connectivity index (χ0) is 17.8. The number of hydrogen-bond acceptors (Lipinski definition) is 5. The van der Waals surface area contributed by atoms with E-state index in [0.29, 0.717) is 35.1 Å². The van der Waals surface area contributed by atoms with Crippen LogP contribution in [0.5, 0.6) is 0 Å². The molecular weight excluding hydrogens is 340 g/mol. The highest BCUT2D eigenvalue weighted by Crippen LogP contribution is 2.33. The zero-order valence-corrected chi connectivity index (χ0v) is 15.0. The van der Waals surface area contributed by atoms with Crippen LogP contribution in [0.4, 0.5) is 5.82 Å². The number of pyridine rings is 2. The maximum atomic E-state index is 12.4. The van der Waals surface area contributed by atoms with Crippen molar-refractivity contribution in [2.45, 2.75) is 50.8 Å². The van der Waals surface area contributed by atoms with Crippen molar-refractivity contribution in [3.63, 3.8) is 0 Å². The molecule has 6 nitrogen and oxygen atoms in total. The van der Waals surface area contributed by atoms with Crippen molar-refractivity contribution in [1.82, 2.24) is 15.3 Å². The first-order valence-corrected chi connectivity index (χ1v) is 8.96. The first-order valence-electron chi connectivity index (χ1n) is 8.59. The molecule has 1 saturated heterocycles. The number of nitrogens with zero attached hydrogens (tertiary/aromatic N) is 3. The molecule has 0 unspecified atom stereocenters. The number of carbonyl (C=O) groups is 1. The standard InChI is InChI=1S/C18H21ClN4O2/c1-10-3-4-23(10)16-14(19)6-11-5-12(9-20-15(11)22-16)17(24)21-13-7-18(2,25)8-13/h5-6,9-10,13,25H,3-4,7-8H2,1-2H3,(H,21,24)/t10-,13-,18-/m0/s1. The largest absolute Gasteiger partial charge is 0.390 e. The number of nitrogens with one attached hydrogen (secondary N) is 1. The van der Waals surface area contributed by atoms with E-state index in [2.05, 4.69) is 27.1 Å². The fourth-order valence-corrected chi connectivity index (χ4v) is 3.83. The van der Waals surface area contributed by atoms with E-state index in [-0.39, 0.29) is 11.9 Å². The van der Waals surface area contributed by atoms with Gasteiger partial charge in [0.25, 0.3) is 5.91 Å². The fraction of sp³-hybridized carbons (Fsp3) is 0.500. The topological polar surface area (TPSA) is 78.4 Å². The Hall–Kier alpha value is -1.92. The Morgan fingerprint density at radius 2 is 2.20 bits per heavy atom. The normalized spacial score (nSPS) is 28.4. The maximum Gasteiger partial charge on any atom is 0.253 e. The summed E-state index contributed by atoms with van der Waals surface area (Å²) in [4.78, 5) is 23.4. The number of aromatic nitrogens is 2. The van der Waals surface area contributed by atoms with E-state index in [0.717, 1.165) is 24.2 Å². The fourth-order valence-electron chi connectivity index (χ4n) is 3.56. The Morgan fingerprint density at radius 3 is 2.80 bits per heavy atom.